The van der Waals surface area contributed by atoms with Crippen LogP contribution in [-0.4, -0.2) is 42.8 Å². The van der Waals surface area contributed by atoms with Crippen LogP contribution < -0.4 is 10.1 Å². The van der Waals surface area contributed by atoms with E-state index < -0.39 is 0 Å². The number of hydrogen-bond donors (Lipinski definition) is 1. The number of imidazole rings is 1. The molecule has 2 aromatic rings. The zero-order valence-electron chi connectivity index (χ0n) is 11.5. The first-order valence-corrected chi connectivity index (χ1v) is 6.20. The van der Waals surface area contributed by atoms with Crippen molar-refractivity contribution in [1.82, 2.24) is 14.9 Å². The fourth-order valence-corrected chi connectivity index (χ4v) is 1.69. The number of nitrogens with one attached hydrogen (secondary N) is 1. The Morgan fingerprint density at radius 3 is 2.70 bits per heavy atom. The topological polar surface area (TPSA) is 65.4 Å². The maximum absolute atomic E-state index is 11.8. The number of amides is 1. The van der Waals surface area contributed by atoms with E-state index in [2.05, 4.69) is 10.3 Å². The fraction of sp³-hybridized carbons (Fsp3) is 0.286. The molecule has 0 spiro atoms. The molecule has 1 aromatic carbocycles. The third-order valence-electron chi connectivity index (χ3n) is 2.78. The highest BCUT2D eigenvalue weighted by atomic mass is 16.5. The highest BCUT2D eigenvalue weighted by Gasteiger charge is 2.09. The van der Waals surface area contributed by atoms with Crippen LogP contribution in [0.4, 0.5) is 0 Å². The predicted molar refractivity (Wildman–Crippen MR) is 74.3 cm³/mol. The molecule has 0 aliphatic carbocycles. The third-order valence-corrected chi connectivity index (χ3v) is 2.78. The minimum atomic E-state index is -0.214. The number of aromatic nitrogens is 2. The third kappa shape index (κ3) is 3.36. The summed E-state index contributed by atoms with van der Waals surface area (Å²) in [5.74, 6) is 0.570. The Morgan fingerprint density at radius 1 is 1.30 bits per heavy atom. The van der Waals surface area contributed by atoms with Gasteiger partial charge >= 0.3 is 0 Å². The van der Waals surface area contributed by atoms with Crippen molar-refractivity contribution in [3.63, 3.8) is 0 Å². The van der Waals surface area contributed by atoms with Gasteiger partial charge in [0.1, 0.15) is 17.8 Å². The number of nitrogens with zero attached hydrogens (tertiary/aromatic N) is 2. The molecule has 0 fully saturated rings. The van der Waals surface area contributed by atoms with Crippen LogP contribution in [-0.2, 0) is 4.74 Å². The van der Waals surface area contributed by atoms with Crippen LogP contribution in [0.25, 0.3) is 5.69 Å². The van der Waals surface area contributed by atoms with Crippen molar-refractivity contribution in [3.05, 3.63) is 42.5 Å². The number of carbonyl (C=O) groups is 1. The van der Waals surface area contributed by atoms with Crippen molar-refractivity contribution in [2.45, 2.75) is 0 Å². The smallest absolute Gasteiger partial charge is 0.271 e. The van der Waals surface area contributed by atoms with Crippen LogP contribution in [0.5, 0.6) is 5.75 Å². The van der Waals surface area contributed by atoms with E-state index in [1.807, 2.05) is 24.3 Å². The van der Waals surface area contributed by atoms with Crippen LogP contribution in [0.3, 0.4) is 0 Å². The number of carbonyl (C=O) groups excluding carboxylic acids is 1. The van der Waals surface area contributed by atoms with Crippen LogP contribution in [0.1, 0.15) is 10.5 Å². The molecule has 106 valence electrons. The quantitative estimate of drug-likeness (QED) is 0.806. The van der Waals surface area contributed by atoms with E-state index in [0.29, 0.717) is 18.8 Å². The maximum atomic E-state index is 11.8. The van der Waals surface area contributed by atoms with Gasteiger partial charge in [-0.05, 0) is 24.3 Å². The molecule has 6 heteroatoms. The van der Waals surface area contributed by atoms with Crippen molar-refractivity contribution in [2.24, 2.45) is 0 Å². The molecule has 1 amide bonds. The van der Waals surface area contributed by atoms with Gasteiger partial charge in [0, 0.05) is 25.5 Å². The Hall–Kier alpha value is -2.34. The maximum Gasteiger partial charge on any atom is 0.271 e. The van der Waals surface area contributed by atoms with Crippen LogP contribution in [0.15, 0.2) is 36.8 Å². The SMILES string of the molecule is COCCNC(=O)c1cn(-c2ccc(OC)cc2)cn1. The second kappa shape index (κ2) is 6.72. The van der Waals surface area contributed by atoms with E-state index in [1.54, 1.807) is 31.3 Å². The highest BCUT2D eigenvalue weighted by molar-refractivity contribution is 5.92. The molecule has 1 aromatic heterocycles. The van der Waals surface area contributed by atoms with Gasteiger partial charge in [-0.1, -0.05) is 0 Å². The first kappa shape index (κ1) is 14.1. The Balaban J connectivity index is 2.05. The summed E-state index contributed by atoms with van der Waals surface area (Å²) in [7, 11) is 3.21. The van der Waals surface area contributed by atoms with Crippen molar-refractivity contribution in [2.75, 3.05) is 27.4 Å². The molecular weight excluding hydrogens is 258 g/mol. The van der Waals surface area contributed by atoms with E-state index in [-0.39, 0.29) is 5.91 Å². The molecule has 0 aliphatic rings. The Labute approximate surface area is 117 Å². The zero-order valence-corrected chi connectivity index (χ0v) is 11.5. The number of ether oxygens (including phenoxy) is 2. The van der Waals surface area contributed by atoms with Gasteiger partial charge in [0.25, 0.3) is 5.91 Å². The fourth-order valence-electron chi connectivity index (χ4n) is 1.69. The summed E-state index contributed by atoms with van der Waals surface area (Å²) in [5, 5.41) is 2.72. The van der Waals surface area contributed by atoms with Crippen molar-refractivity contribution in [3.8, 4) is 11.4 Å². The molecular formula is C14H17N3O3. The highest BCUT2D eigenvalue weighted by Crippen LogP contribution is 2.15. The Bertz CT molecular complexity index is 563. The standard InChI is InChI=1S/C14H17N3O3/c1-19-8-7-15-14(18)13-9-17(10-16-13)11-3-5-12(20-2)6-4-11/h3-6,9-10H,7-8H2,1-2H3,(H,15,18). The largest absolute Gasteiger partial charge is 0.497 e. The molecule has 1 heterocycles. The molecule has 6 nitrogen and oxygen atoms in total. The molecule has 0 saturated carbocycles. The van der Waals surface area contributed by atoms with E-state index >= 15 is 0 Å². The molecule has 0 unspecified atom stereocenters. The molecule has 1 N–H and O–H groups in total. The Morgan fingerprint density at radius 2 is 2.05 bits per heavy atom. The monoisotopic (exact) mass is 275 g/mol. The second-order valence-electron chi connectivity index (χ2n) is 4.11. The molecule has 0 aliphatic heterocycles. The van der Waals surface area contributed by atoms with Crippen molar-refractivity contribution < 1.29 is 14.3 Å². The number of rotatable bonds is 6. The number of benzene rings is 1. The molecule has 0 saturated heterocycles. The lowest BCUT2D eigenvalue weighted by atomic mass is 10.3. The van der Waals surface area contributed by atoms with Gasteiger partial charge in [0.2, 0.25) is 0 Å². The summed E-state index contributed by atoms with van der Waals surface area (Å²) in [6.07, 6.45) is 3.29. The summed E-state index contributed by atoms with van der Waals surface area (Å²) in [4.78, 5) is 15.9. The minimum absolute atomic E-state index is 0.214. The van der Waals surface area contributed by atoms with Gasteiger partial charge in [0.05, 0.1) is 13.7 Å². The summed E-state index contributed by atoms with van der Waals surface area (Å²) in [6, 6.07) is 7.50. The summed E-state index contributed by atoms with van der Waals surface area (Å²) in [6.45, 7) is 0.940. The number of hydrogen-bond acceptors (Lipinski definition) is 4. The lowest BCUT2D eigenvalue weighted by Crippen LogP contribution is -2.27. The van der Waals surface area contributed by atoms with Gasteiger partial charge in [-0.25, -0.2) is 4.98 Å². The van der Waals surface area contributed by atoms with Gasteiger partial charge in [-0.3, -0.25) is 4.79 Å². The molecule has 2 rings (SSSR count). The van der Waals surface area contributed by atoms with E-state index in [0.717, 1.165) is 11.4 Å². The Kier molecular flexibility index (Phi) is 4.73. The average molecular weight is 275 g/mol. The lowest BCUT2D eigenvalue weighted by Gasteiger charge is -2.03. The molecule has 0 atom stereocenters. The normalized spacial score (nSPS) is 10.3. The molecule has 0 radical (unpaired) electrons. The lowest BCUT2D eigenvalue weighted by molar-refractivity contribution is 0.0932. The van der Waals surface area contributed by atoms with Crippen LogP contribution in [0, 0.1) is 0 Å². The summed E-state index contributed by atoms with van der Waals surface area (Å²) in [5.41, 5.74) is 1.28. The van der Waals surface area contributed by atoms with E-state index in [4.69, 9.17) is 9.47 Å². The summed E-state index contributed by atoms with van der Waals surface area (Å²) < 4.78 is 11.8. The molecule has 0 bridgehead atoms. The van der Waals surface area contributed by atoms with E-state index in [9.17, 15) is 4.79 Å². The van der Waals surface area contributed by atoms with Crippen LogP contribution in [0.2, 0.25) is 0 Å². The number of methoxy groups -OCH3 is 2. The zero-order chi connectivity index (χ0) is 14.4. The second-order valence-corrected chi connectivity index (χ2v) is 4.11. The van der Waals surface area contributed by atoms with E-state index in [1.165, 1.54) is 0 Å². The molecule has 20 heavy (non-hydrogen) atoms. The first-order chi connectivity index (χ1) is 9.74. The minimum Gasteiger partial charge on any atom is -0.497 e. The van der Waals surface area contributed by atoms with Gasteiger partial charge in [0.15, 0.2) is 0 Å². The van der Waals surface area contributed by atoms with Gasteiger partial charge < -0.3 is 19.4 Å². The first-order valence-electron chi connectivity index (χ1n) is 6.20. The van der Waals surface area contributed by atoms with Gasteiger partial charge in [-0.15, -0.1) is 0 Å². The predicted octanol–water partition coefficient (Wildman–Crippen LogP) is 1.26. The van der Waals surface area contributed by atoms with Gasteiger partial charge in [-0.2, -0.15) is 0 Å². The van der Waals surface area contributed by atoms with Crippen molar-refractivity contribution in [1.29, 1.82) is 0 Å². The summed E-state index contributed by atoms with van der Waals surface area (Å²) >= 11 is 0. The van der Waals surface area contributed by atoms with Crippen molar-refractivity contribution >= 4 is 5.91 Å². The van der Waals surface area contributed by atoms with Crippen LogP contribution >= 0.6 is 0 Å². The average Bonchev–Trinajstić information content (AvgIpc) is 2.97.